The Kier molecular flexibility index (Phi) is 3.52. The molecule has 0 spiro atoms. The van der Waals surface area contributed by atoms with Crippen LogP contribution in [0.25, 0.3) is 17.0 Å². The van der Waals surface area contributed by atoms with E-state index in [-0.39, 0.29) is 5.91 Å². The summed E-state index contributed by atoms with van der Waals surface area (Å²) in [6.45, 7) is 0. The van der Waals surface area contributed by atoms with Gasteiger partial charge in [-0.05, 0) is 18.2 Å². The molecule has 0 saturated heterocycles. The number of anilines is 1. The number of benzene rings is 1. The Labute approximate surface area is 119 Å². The minimum absolute atomic E-state index is 0.213. The maximum absolute atomic E-state index is 11.7. The van der Waals surface area contributed by atoms with Gasteiger partial charge in [0.25, 0.3) is 0 Å². The summed E-state index contributed by atoms with van der Waals surface area (Å²) in [5.41, 5.74) is 1.66. The van der Waals surface area contributed by atoms with Crippen LogP contribution in [0, 0.1) is 0 Å². The van der Waals surface area contributed by atoms with Crippen LogP contribution in [-0.2, 0) is 4.79 Å². The van der Waals surface area contributed by atoms with E-state index in [1.807, 2.05) is 41.8 Å². The lowest BCUT2D eigenvalue weighted by atomic mass is 10.2. The molecule has 0 radical (unpaired) electrons. The van der Waals surface area contributed by atoms with Gasteiger partial charge < -0.3 is 0 Å². The van der Waals surface area contributed by atoms with Gasteiger partial charge in [0.2, 0.25) is 5.91 Å². The number of hydrogen-bond donors (Lipinski definition) is 1. The molecule has 0 bridgehead atoms. The predicted molar refractivity (Wildman–Crippen MR) is 81.5 cm³/mol. The maximum atomic E-state index is 11.7. The number of carbonyl (C=O) groups is 1. The molecule has 0 saturated carbocycles. The molecule has 5 heteroatoms. The molecule has 1 amide bonds. The van der Waals surface area contributed by atoms with Crippen LogP contribution in [0.5, 0.6) is 0 Å². The molecule has 0 fully saturated rings. The smallest absolute Gasteiger partial charge is 0.250 e. The SMILES string of the molecule is O=C(C=Cc1ccc2ccccc2n1)Nc1nccs1. The van der Waals surface area contributed by atoms with Gasteiger partial charge in [0, 0.05) is 23.0 Å². The largest absolute Gasteiger partial charge is 0.298 e. The molecular formula is C15H11N3OS. The number of thiazole rings is 1. The maximum Gasteiger partial charge on any atom is 0.250 e. The highest BCUT2D eigenvalue weighted by Gasteiger charge is 2.00. The first-order valence-corrected chi connectivity index (χ1v) is 6.93. The lowest BCUT2D eigenvalue weighted by Gasteiger charge is -1.98. The normalized spacial score (nSPS) is 11.0. The van der Waals surface area contributed by atoms with Gasteiger partial charge in [0.1, 0.15) is 0 Å². The number of aromatic nitrogens is 2. The van der Waals surface area contributed by atoms with Crippen molar-refractivity contribution in [1.82, 2.24) is 9.97 Å². The van der Waals surface area contributed by atoms with Crippen molar-refractivity contribution in [3.63, 3.8) is 0 Å². The van der Waals surface area contributed by atoms with Crippen LogP contribution >= 0.6 is 11.3 Å². The Morgan fingerprint density at radius 1 is 1.20 bits per heavy atom. The van der Waals surface area contributed by atoms with Crippen LogP contribution in [-0.4, -0.2) is 15.9 Å². The lowest BCUT2D eigenvalue weighted by molar-refractivity contribution is -0.111. The van der Waals surface area contributed by atoms with Crippen molar-refractivity contribution < 1.29 is 4.79 Å². The fraction of sp³-hybridized carbons (Fsp3) is 0. The summed E-state index contributed by atoms with van der Waals surface area (Å²) in [4.78, 5) is 20.1. The predicted octanol–water partition coefficient (Wildman–Crippen LogP) is 3.34. The molecule has 1 aromatic carbocycles. The van der Waals surface area contributed by atoms with Crippen molar-refractivity contribution in [3.8, 4) is 0 Å². The Morgan fingerprint density at radius 2 is 2.10 bits per heavy atom. The Balaban J connectivity index is 1.75. The van der Waals surface area contributed by atoms with Crippen molar-refractivity contribution in [3.05, 3.63) is 59.7 Å². The summed E-state index contributed by atoms with van der Waals surface area (Å²) in [5.74, 6) is -0.213. The lowest BCUT2D eigenvalue weighted by Crippen LogP contribution is -2.07. The fourth-order valence-electron chi connectivity index (χ4n) is 1.77. The van der Waals surface area contributed by atoms with E-state index in [1.54, 1.807) is 12.3 Å². The third kappa shape index (κ3) is 2.89. The van der Waals surface area contributed by atoms with E-state index >= 15 is 0 Å². The summed E-state index contributed by atoms with van der Waals surface area (Å²) in [6.07, 6.45) is 4.79. The first-order chi connectivity index (χ1) is 9.81. The van der Waals surface area contributed by atoms with Crippen LogP contribution in [0.2, 0.25) is 0 Å². The third-order valence-electron chi connectivity index (χ3n) is 2.69. The van der Waals surface area contributed by atoms with E-state index in [9.17, 15) is 4.79 Å². The third-order valence-corrected chi connectivity index (χ3v) is 3.38. The number of fused-ring (bicyclic) bond motifs is 1. The Morgan fingerprint density at radius 3 is 2.95 bits per heavy atom. The number of nitrogens with one attached hydrogen (secondary N) is 1. The standard InChI is InChI=1S/C15H11N3OS/c19-14(18-15-16-9-10-20-15)8-7-12-6-5-11-3-1-2-4-13(11)17-12/h1-10H,(H,16,18,19). The molecule has 20 heavy (non-hydrogen) atoms. The second kappa shape index (κ2) is 5.63. The van der Waals surface area contributed by atoms with Gasteiger partial charge in [0.15, 0.2) is 5.13 Å². The topological polar surface area (TPSA) is 54.9 Å². The van der Waals surface area contributed by atoms with Gasteiger partial charge in [-0.25, -0.2) is 9.97 Å². The second-order valence-electron chi connectivity index (χ2n) is 4.09. The first-order valence-electron chi connectivity index (χ1n) is 6.06. The zero-order chi connectivity index (χ0) is 13.8. The molecule has 98 valence electrons. The number of hydrogen-bond acceptors (Lipinski definition) is 4. The van der Waals surface area contributed by atoms with Gasteiger partial charge in [0.05, 0.1) is 11.2 Å². The number of nitrogens with zero attached hydrogens (tertiary/aromatic N) is 2. The molecular weight excluding hydrogens is 270 g/mol. The van der Waals surface area contributed by atoms with Gasteiger partial charge in [-0.3, -0.25) is 10.1 Å². The average molecular weight is 281 g/mol. The molecule has 1 N–H and O–H groups in total. The van der Waals surface area contributed by atoms with Gasteiger partial charge in [-0.1, -0.05) is 24.3 Å². The van der Waals surface area contributed by atoms with Crippen molar-refractivity contribution in [2.75, 3.05) is 5.32 Å². The summed E-state index contributed by atoms with van der Waals surface area (Å²) in [7, 11) is 0. The molecule has 2 heterocycles. The quantitative estimate of drug-likeness (QED) is 0.749. The summed E-state index contributed by atoms with van der Waals surface area (Å²) in [6, 6.07) is 11.7. The number of amides is 1. The van der Waals surface area contributed by atoms with E-state index in [0.29, 0.717) is 5.13 Å². The number of carbonyl (C=O) groups excluding carboxylic acids is 1. The molecule has 3 rings (SSSR count). The van der Waals surface area contributed by atoms with Gasteiger partial charge in [-0.15, -0.1) is 11.3 Å². The summed E-state index contributed by atoms with van der Waals surface area (Å²) >= 11 is 1.38. The van der Waals surface area contributed by atoms with Crippen molar-refractivity contribution in [2.24, 2.45) is 0 Å². The monoisotopic (exact) mass is 281 g/mol. The fourth-order valence-corrected chi connectivity index (χ4v) is 2.30. The molecule has 4 nitrogen and oxygen atoms in total. The van der Waals surface area contributed by atoms with Crippen molar-refractivity contribution >= 4 is 39.4 Å². The second-order valence-corrected chi connectivity index (χ2v) is 4.98. The number of rotatable bonds is 3. The van der Waals surface area contributed by atoms with Gasteiger partial charge >= 0.3 is 0 Å². The summed E-state index contributed by atoms with van der Waals surface area (Å²) < 4.78 is 0. The van der Waals surface area contributed by atoms with Crippen LogP contribution in [0.15, 0.2) is 54.1 Å². The zero-order valence-electron chi connectivity index (χ0n) is 10.5. The van der Waals surface area contributed by atoms with E-state index in [4.69, 9.17) is 0 Å². The molecule has 0 aliphatic heterocycles. The Hall–Kier alpha value is -2.53. The zero-order valence-corrected chi connectivity index (χ0v) is 11.3. The van der Waals surface area contributed by atoms with E-state index < -0.39 is 0 Å². The highest BCUT2D eigenvalue weighted by atomic mass is 32.1. The van der Waals surface area contributed by atoms with Crippen LogP contribution in [0.3, 0.4) is 0 Å². The van der Waals surface area contributed by atoms with Crippen LogP contribution in [0.4, 0.5) is 5.13 Å². The minimum atomic E-state index is -0.213. The molecule has 0 aliphatic carbocycles. The van der Waals surface area contributed by atoms with E-state index in [1.165, 1.54) is 17.4 Å². The van der Waals surface area contributed by atoms with Crippen molar-refractivity contribution in [1.29, 1.82) is 0 Å². The highest BCUT2D eigenvalue weighted by molar-refractivity contribution is 7.13. The number of pyridine rings is 1. The first kappa shape index (κ1) is 12.5. The summed E-state index contributed by atoms with van der Waals surface area (Å²) in [5, 5.41) is 6.16. The molecule has 0 atom stereocenters. The van der Waals surface area contributed by atoms with Crippen LogP contribution in [0.1, 0.15) is 5.69 Å². The van der Waals surface area contributed by atoms with Gasteiger partial charge in [-0.2, -0.15) is 0 Å². The van der Waals surface area contributed by atoms with E-state index in [0.717, 1.165) is 16.6 Å². The highest BCUT2D eigenvalue weighted by Crippen LogP contribution is 2.13. The molecule has 2 aromatic heterocycles. The van der Waals surface area contributed by atoms with E-state index in [2.05, 4.69) is 15.3 Å². The molecule has 0 unspecified atom stereocenters. The minimum Gasteiger partial charge on any atom is -0.298 e. The molecule has 0 aliphatic rings. The number of para-hydroxylation sites is 1. The van der Waals surface area contributed by atoms with Crippen LogP contribution < -0.4 is 5.32 Å². The van der Waals surface area contributed by atoms with Crippen molar-refractivity contribution in [2.45, 2.75) is 0 Å². The molecule has 3 aromatic rings. The average Bonchev–Trinajstić information content (AvgIpc) is 2.98. The Bertz CT molecular complexity index is 766.